The van der Waals surface area contributed by atoms with Crippen LogP contribution in [-0.2, 0) is 11.3 Å². The highest BCUT2D eigenvalue weighted by Crippen LogP contribution is 2.24. The van der Waals surface area contributed by atoms with Gasteiger partial charge in [0.1, 0.15) is 0 Å². The quantitative estimate of drug-likeness (QED) is 0.598. The molecule has 2 aliphatic heterocycles. The van der Waals surface area contributed by atoms with E-state index in [9.17, 15) is 0 Å². The van der Waals surface area contributed by atoms with E-state index in [2.05, 4.69) is 70.1 Å². The predicted molar refractivity (Wildman–Crippen MR) is 133 cm³/mol. The van der Waals surface area contributed by atoms with Crippen molar-refractivity contribution in [1.82, 2.24) is 20.0 Å². The van der Waals surface area contributed by atoms with E-state index in [0.717, 1.165) is 64.6 Å². The summed E-state index contributed by atoms with van der Waals surface area (Å²) in [6.07, 6.45) is 2.76. The maximum absolute atomic E-state index is 6.14. The largest absolute Gasteiger partial charge is 0.377 e. The molecule has 0 amide bonds. The molecule has 0 radical (unpaired) electrons. The van der Waals surface area contributed by atoms with Gasteiger partial charge in [0.25, 0.3) is 0 Å². The van der Waals surface area contributed by atoms with Gasteiger partial charge in [0.15, 0.2) is 0 Å². The number of rotatable bonds is 10. The Kier molecular flexibility index (Phi) is 8.83. The summed E-state index contributed by atoms with van der Waals surface area (Å²) in [4.78, 5) is 10.1. The Morgan fingerprint density at radius 2 is 1.56 bits per heavy atom. The van der Waals surface area contributed by atoms with Crippen LogP contribution < -0.4 is 10.2 Å². The summed E-state index contributed by atoms with van der Waals surface area (Å²) >= 11 is 0. The molecule has 1 aromatic rings. The zero-order chi connectivity index (χ0) is 22.3. The molecule has 1 aromatic carbocycles. The molecule has 3 aliphatic rings. The normalized spacial score (nSPS) is 25.9. The lowest BCUT2D eigenvalue weighted by Crippen LogP contribution is -2.49. The minimum Gasteiger partial charge on any atom is -0.377 e. The van der Waals surface area contributed by atoms with Crippen LogP contribution in [0.4, 0.5) is 5.69 Å². The first-order chi connectivity index (χ1) is 15.5. The van der Waals surface area contributed by atoms with E-state index in [4.69, 9.17) is 4.74 Å². The van der Waals surface area contributed by atoms with E-state index >= 15 is 0 Å². The smallest absolute Gasteiger partial charge is 0.0605 e. The minimum absolute atomic E-state index is 0.453. The van der Waals surface area contributed by atoms with E-state index in [-0.39, 0.29) is 0 Å². The number of anilines is 1. The third-order valence-electron chi connectivity index (χ3n) is 7.34. The fourth-order valence-corrected chi connectivity index (χ4v) is 5.08. The molecule has 6 heteroatoms. The summed E-state index contributed by atoms with van der Waals surface area (Å²) in [5.74, 6) is 0.770. The molecule has 1 N–H and O–H groups in total. The van der Waals surface area contributed by atoms with Gasteiger partial charge in [0, 0.05) is 83.7 Å². The molecule has 2 saturated heterocycles. The molecule has 1 aliphatic carbocycles. The Hall–Kier alpha value is -1.18. The van der Waals surface area contributed by atoms with Crippen molar-refractivity contribution >= 4 is 5.69 Å². The highest BCUT2D eigenvalue weighted by Gasteiger charge is 2.29. The molecule has 0 atom stereocenters. The summed E-state index contributed by atoms with van der Waals surface area (Å²) in [5.41, 5.74) is 2.74. The molecule has 0 spiro atoms. The molecule has 0 aromatic heterocycles. The average molecular weight is 444 g/mol. The fourth-order valence-electron chi connectivity index (χ4n) is 5.08. The molecular weight excluding hydrogens is 398 g/mol. The number of likely N-dealkylation sites (N-methyl/N-ethyl adjacent to an activating group) is 1. The zero-order valence-corrected chi connectivity index (χ0v) is 20.6. The first-order valence-corrected chi connectivity index (χ1v) is 12.9. The molecule has 180 valence electrons. The number of hydrogen-bond acceptors (Lipinski definition) is 6. The lowest BCUT2D eigenvalue weighted by atomic mass is 9.89. The van der Waals surface area contributed by atoms with Crippen molar-refractivity contribution in [2.75, 3.05) is 84.0 Å². The first-order valence-electron chi connectivity index (χ1n) is 12.9. The highest BCUT2D eigenvalue weighted by molar-refractivity contribution is 5.48. The Balaban J connectivity index is 1.04. The highest BCUT2D eigenvalue weighted by atomic mass is 16.5. The van der Waals surface area contributed by atoms with Gasteiger partial charge in [-0.25, -0.2) is 0 Å². The van der Waals surface area contributed by atoms with Crippen molar-refractivity contribution in [2.24, 2.45) is 5.92 Å². The second kappa shape index (κ2) is 11.8. The molecule has 0 unspecified atom stereocenters. The molecule has 2 heterocycles. The number of nitrogens with zero attached hydrogens (tertiary/aromatic N) is 4. The molecule has 6 nitrogen and oxygen atoms in total. The molecule has 4 rings (SSSR count). The number of benzene rings is 1. The standard InChI is InChI=1S/C26H45N5O/c1-22(2)21-30-12-10-29(11-13-30)16-17-32-26-18-24(19-26)27-20-23-4-6-25(7-5-23)31-14-8-28(3)9-15-31/h4-7,22,24,26-27H,8-21H2,1-3H3/t24-,26-. The third-order valence-corrected chi connectivity index (χ3v) is 7.34. The molecule has 0 bridgehead atoms. The molecule has 32 heavy (non-hydrogen) atoms. The topological polar surface area (TPSA) is 34.2 Å². The van der Waals surface area contributed by atoms with Crippen LogP contribution >= 0.6 is 0 Å². The van der Waals surface area contributed by atoms with Crippen LogP contribution in [-0.4, -0.2) is 106 Å². The van der Waals surface area contributed by atoms with Crippen LogP contribution in [0.1, 0.15) is 32.3 Å². The number of hydrogen-bond donors (Lipinski definition) is 1. The van der Waals surface area contributed by atoms with Gasteiger partial charge in [-0.05, 0) is 43.5 Å². The van der Waals surface area contributed by atoms with Crippen molar-refractivity contribution in [3.63, 3.8) is 0 Å². The lowest BCUT2D eigenvalue weighted by molar-refractivity contribution is -0.0283. The molecule has 3 fully saturated rings. The second-order valence-corrected chi connectivity index (χ2v) is 10.5. The van der Waals surface area contributed by atoms with Crippen LogP contribution in [0.15, 0.2) is 24.3 Å². The van der Waals surface area contributed by atoms with Crippen LogP contribution in [0.5, 0.6) is 0 Å². The van der Waals surface area contributed by atoms with E-state index in [1.165, 1.54) is 44.0 Å². The number of ether oxygens (including phenoxy) is 1. The van der Waals surface area contributed by atoms with Crippen molar-refractivity contribution in [3.05, 3.63) is 29.8 Å². The van der Waals surface area contributed by atoms with Crippen LogP contribution in [0, 0.1) is 5.92 Å². The number of nitrogens with one attached hydrogen (secondary N) is 1. The van der Waals surface area contributed by atoms with Gasteiger partial charge in [0.2, 0.25) is 0 Å². The minimum atomic E-state index is 0.453. The average Bonchev–Trinajstić information content (AvgIpc) is 2.76. The van der Waals surface area contributed by atoms with Crippen molar-refractivity contribution in [3.8, 4) is 0 Å². The van der Waals surface area contributed by atoms with Gasteiger partial charge in [-0.2, -0.15) is 0 Å². The zero-order valence-electron chi connectivity index (χ0n) is 20.6. The monoisotopic (exact) mass is 443 g/mol. The Morgan fingerprint density at radius 1 is 0.906 bits per heavy atom. The maximum atomic E-state index is 6.14. The van der Waals surface area contributed by atoms with Gasteiger partial charge in [-0.1, -0.05) is 26.0 Å². The van der Waals surface area contributed by atoms with Gasteiger partial charge >= 0.3 is 0 Å². The number of piperazine rings is 2. The van der Waals surface area contributed by atoms with Crippen molar-refractivity contribution in [1.29, 1.82) is 0 Å². The summed E-state index contributed by atoms with van der Waals surface area (Å²) in [6.45, 7) is 18.2. The SMILES string of the molecule is CC(C)CN1CCN(CCO[C@H]2C[C@H](NCc3ccc(N4CCN(C)CC4)cc3)C2)CC1. The van der Waals surface area contributed by atoms with Crippen LogP contribution in [0.3, 0.4) is 0 Å². The second-order valence-electron chi connectivity index (χ2n) is 10.5. The fraction of sp³-hybridized carbons (Fsp3) is 0.769. The first kappa shape index (κ1) is 24.0. The summed E-state index contributed by atoms with van der Waals surface area (Å²) in [6, 6.07) is 9.76. The third kappa shape index (κ3) is 7.16. The van der Waals surface area contributed by atoms with E-state index in [1.54, 1.807) is 0 Å². The summed E-state index contributed by atoms with van der Waals surface area (Å²) in [5, 5.41) is 3.71. The van der Waals surface area contributed by atoms with Crippen molar-refractivity contribution in [2.45, 2.75) is 45.4 Å². The van der Waals surface area contributed by atoms with Gasteiger partial charge in [-0.15, -0.1) is 0 Å². The van der Waals surface area contributed by atoms with E-state index < -0.39 is 0 Å². The van der Waals surface area contributed by atoms with Crippen LogP contribution in [0.25, 0.3) is 0 Å². The molecule has 1 saturated carbocycles. The Labute approximate surface area is 195 Å². The van der Waals surface area contributed by atoms with Gasteiger partial charge in [-0.3, -0.25) is 4.90 Å². The molecular formula is C26H45N5O. The predicted octanol–water partition coefficient (Wildman–Crippen LogP) is 2.35. The summed E-state index contributed by atoms with van der Waals surface area (Å²) < 4.78 is 6.14. The van der Waals surface area contributed by atoms with E-state index in [0.29, 0.717) is 12.1 Å². The maximum Gasteiger partial charge on any atom is 0.0605 e. The van der Waals surface area contributed by atoms with Crippen LogP contribution in [0.2, 0.25) is 0 Å². The van der Waals surface area contributed by atoms with Crippen molar-refractivity contribution < 1.29 is 4.74 Å². The Bertz CT molecular complexity index is 659. The van der Waals surface area contributed by atoms with Gasteiger partial charge < -0.3 is 24.8 Å². The summed E-state index contributed by atoms with van der Waals surface area (Å²) in [7, 11) is 2.21. The Morgan fingerprint density at radius 3 is 2.22 bits per heavy atom. The van der Waals surface area contributed by atoms with Gasteiger partial charge in [0.05, 0.1) is 12.7 Å². The lowest BCUT2D eigenvalue weighted by Gasteiger charge is -2.38. The van der Waals surface area contributed by atoms with E-state index in [1.807, 2.05) is 0 Å².